The van der Waals surface area contributed by atoms with E-state index in [1.165, 1.54) is 41.2 Å². The highest BCUT2D eigenvalue weighted by Gasteiger charge is 2.35. The van der Waals surface area contributed by atoms with E-state index in [9.17, 15) is 18.8 Å². The van der Waals surface area contributed by atoms with Gasteiger partial charge in [-0.05, 0) is 55.5 Å². The van der Waals surface area contributed by atoms with Crippen molar-refractivity contribution in [1.29, 1.82) is 0 Å². The van der Waals surface area contributed by atoms with Gasteiger partial charge in [0.15, 0.2) is 13.2 Å². The van der Waals surface area contributed by atoms with E-state index in [-0.39, 0.29) is 23.9 Å². The molecule has 0 aliphatic carbocycles. The Morgan fingerprint density at radius 2 is 0.957 bits per heavy atom. The fourth-order valence-corrected chi connectivity index (χ4v) is 4.92. The summed E-state index contributed by atoms with van der Waals surface area (Å²) in [5.74, 6) is -0.770. The van der Waals surface area contributed by atoms with E-state index >= 15 is 0 Å². The molecular weight excluding hydrogens is 589 g/mol. The predicted molar refractivity (Wildman–Crippen MR) is 168 cm³/mol. The van der Waals surface area contributed by atoms with Crippen molar-refractivity contribution in [2.24, 2.45) is 0 Å². The molecular formula is C36H39BF2N2O5. The van der Waals surface area contributed by atoms with Gasteiger partial charge in [-0.25, -0.2) is 0 Å². The first kappa shape index (κ1) is 35.8. The van der Waals surface area contributed by atoms with Gasteiger partial charge in [0.25, 0.3) is 0 Å². The van der Waals surface area contributed by atoms with Crippen LogP contribution in [0.15, 0.2) is 140 Å². The number of nitrogens with zero attached hydrogens (tertiary/aromatic N) is 2. The smallest absolute Gasteiger partial charge is 0.408 e. The highest BCUT2D eigenvalue weighted by atomic mass is 19.1. The van der Waals surface area contributed by atoms with Crippen LogP contribution in [-0.4, -0.2) is 27.1 Å². The third-order valence-corrected chi connectivity index (χ3v) is 6.84. The summed E-state index contributed by atoms with van der Waals surface area (Å²) in [7, 11) is -2.23. The van der Waals surface area contributed by atoms with E-state index in [2.05, 4.69) is 36.4 Å². The summed E-state index contributed by atoms with van der Waals surface area (Å²) >= 11 is 0. The lowest BCUT2D eigenvalue weighted by atomic mass is 9.67. The maximum absolute atomic E-state index is 12.6. The molecule has 0 unspecified atom stereocenters. The van der Waals surface area contributed by atoms with Crippen LogP contribution in [0.25, 0.3) is 0 Å². The van der Waals surface area contributed by atoms with Gasteiger partial charge in [-0.15, -0.1) is 8.78 Å². The summed E-state index contributed by atoms with van der Waals surface area (Å²) in [5.41, 5.74) is 3.17. The average molecular weight is 629 g/mol. The van der Waals surface area contributed by atoms with Gasteiger partial charge < -0.3 is 14.7 Å². The molecule has 0 spiro atoms. The van der Waals surface area contributed by atoms with E-state index in [1.54, 1.807) is 38.1 Å². The molecule has 0 atom stereocenters. The SMILES string of the molecule is CCO[n+]1ccccc1F.CCO[n+]1ccccc1F.[O-]B([O-])OCCCC(c1ccccc1)(c1ccccc1)c1ccccc1. The zero-order valence-corrected chi connectivity index (χ0v) is 26.1. The quantitative estimate of drug-likeness (QED) is 0.0694. The molecule has 0 amide bonds. The number of hydrogen-bond acceptors (Lipinski definition) is 5. The molecule has 10 heteroatoms. The van der Waals surface area contributed by atoms with Crippen LogP contribution < -0.4 is 29.2 Å². The number of rotatable bonds is 12. The van der Waals surface area contributed by atoms with Crippen molar-refractivity contribution in [3.05, 3.63) is 168 Å². The van der Waals surface area contributed by atoms with Crippen molar-refractivity contribution in [1.82, 2.24) is 0 Å². The molecule has 3 aromatic carbocycles. The Morgan fingerprint density at radius 1 is 0.587 bits per heavy atom. The number of aromatic nitrogens is 2. The third kappa shape index (κ3) is 10.8. The molecule has 0 aliphatic rings. The molecule has 7 nitrogen and oxygen atoms in total. The minimum Gasteiger partial charge on any atom is -0.871 e. The zero-order valence-electron chi connectivity index (χ0n) is 26.1. The van der Waals surface area contributed by atoms with E-state index in [0.717, 1.165) is 15.9 Å². The summed E-state index contributed by atoms with van der Waals surface area (Å²) in [4.78, 5) is 9.76. The molecule has 240 valence electrons. The van der Waals surface area contributed by atoms with Crippen LogP contribution >= 0.6 is 0 Å². The van der Waals surface area contributed by atoms with Crippen molar-refractivity contribution in [3.8, 4) is 0 Å². The van der Waals surface area contributed by atoms with Crippen molar-refractivity contribution in [2.75, 3.05) is 19.8 Å². The molecule has 0 radical (unpaired) electrons. The second-order valence-electron chi connectivity index (χ2n) is 9.80. The Hall–Kier alpha value is -4.64. The lowest BCUT2D eigenvalue weighted by molar-refractivity contribution is -0.910. The molecule has 0 bridgehead atoms. The second-order valence-corrected chi connectivity index (χ2v) is 9.80. The number of halogens is 2. The Morgan fingerprint density at radius 3 is 1.28 bits per heavy atom. The standard InChI is InChI=1S/C22H21BO3.2C7H9FNO/c24-23(25)26-18-10-17-22(19-11-4-1-5-12-19,20-13-6-2-7-14-20)21-15-8-3-9-16-21;2*1-2-10-9-6-4-3-5-7(9)8/h1-9,11-16H,10,17-18H2;2*3-6H,2H2,1H3/q-2;2*+1. The monoisotopic (exact) mass is 628 g/mol. The summed E-state index contributed by atoms with van der Waals surface area (Å²) in [6, 6.07) is 40.4. The predicted octanol–water partition coefficient (Wildman–Crippen LogP) is 3.65. The lowest BCUT2D eigenvalue weighted by Gasteiger charge is -2.37. The number of pyridine rings is 2. The largest absolute Gasteiger partial charge is 0.871 e. The first-order chi connectivity index (χ1) is 22.4. The van der Waals surface area contributed by atoms with Crippen molar-refractivity contribution in [2.45, 2.75) is 32.1 Å². The highest BCUT2D eigenvalue weighted by Crippen LogP contribution is 2.42. The fourth-order valence-electron chi connectivity index (χ4n) is 4.92. The second kappa shape index (κ2) is 19.7. The van der Waals surface area contributed by atoms with Gasteiger partial charge in [-0.1, -0.05) is 91.0 Å². The van der Waals surface area contributed by atoms with Crippen molar-refractivity contribution < 1.29 is 42.6 Å². The molecule has 5 rings (SSSR count). The summed E-state index contributed by atoms with van der Waals surface area (Å²) in [6.07, 6.45) is 4.40. The Bertz CT molecular complexity index is 1390. The Labute approximate surface area is 270 Å². The van der Waals surface area contributed by atoms with Crippen LogP contribution in [0, 0.1) is 11.9 Å². The number of benzene rings is 3. The molecule has 2 heterocycles. The fraction of sp³-hybridized carbons (Fsp3) is 0.222. The van der Waals surface area contributed by atoms with Crippen LogP contribution in [-0.2, 0) is 10.1 Å². The van der Waals surface area contributed by atoms with Gasteiger partial charge in [0.1, 0.15) is 0 Å². The molecule has 0 N–H and O–H groups in total. The number of hydrogen-bond donors (Lipinski definition) is 0. The zero-order chi connectivity index (χ0) is 33.0. The molecule has 2 aromatic heterocycles. The summed E-state index contributed by atoms with van der Waals surface area (Å²) in [6.45, 7) is 4.70. The first-order valence-electron chi connectivity index (χ1n) is 15.1. The maximum Gasteiger partial charge on any atom is 0.408 e. The van der Waals surface area contributed by atoms with Crippen LogP contribution in [0.3, 0.4) is 0 Å². The third-order valence-electron chi connectivity index (χ3n) is 6.84. The molecule has 0 saturated carbocycles. The van der Waals surface area contributed by atoms with Gasteiger partial charge in [0.2, 0.25) is 12.4 Å². The van der Waals surface area contributed by atoms with Crippen molar-refractivity contribution >= 4 is 7.32 Å². The average Bonchev–Trinajstić information content (AvgIpc) is 3.09. The minimum absolute atomic E-state index is 0.159. The summed E-state index contributed by atoms with van der Waals surface area (Å²) in [5, 5.41) is 21.4. The molecule has 0 aliphatic heterocycles. The highest BCUT2D eigenvalue weighted by molar-refractivity contribution is 6.28. The van der Waals surface area contributed by atoms with Crippen LogP contribution in [0.5, 0.6) is 0 Å². The Balaban J connectivity index is 0.000000235. The topological polar surface area (TPSA) is 81.6 Å². The first-order valence-corrected chi connectivity index (χ1v) is 15.1. The molecule has 0 fully saturated rings. The molecule has 0 saturated heterocycles. The van der Waals surface area contributed by atoms with Gasteiger partial charge in [-0.2, -0.15) is 0 Å². The maximum atomic E-state index is 12.6. The van der Waals surface area contributed by atoms with E-state index in [4.69, 9.17) is 14.3 Å². The van der Waals surface area contributed by atoms with Gasteiger partial charge in [-0.3, -0.25) is 9.68 Å². The van der Waals surface area contributed by atoms with E-state index in [1.807, 2.05) is 54.6 Å². The van der Waals surface area contributed by atoms with Crippen molar-refractivity contribution in [3.63, 3.8) is 0 Å². The van der Waals surface area contributed by atoms with Gasteiger partial charge in [0, 0.05) is 45.7 Å². The minimum atomic E-state index is -2.23. The lowest BCUT2D eigenvalue weighted by Crippen LogP contribution is -2.48. The van der Waals surface area contributed by atoms with E-state index < -0.39 is 7.32 Å². The van der Waals surface area contributed by atoms with Crippen LogP contribution in [0.4, 0.5) is 8.78 Å². The van der Waals surface area contributed by atoms with Gasteiger partial charge in [0.05, 0.1) is 7.32 Å². The van der Waals surface area contributed by atoms with Crippen LogP contribution in [0.2, 0.25) is 0 Å². The molecule has 46 heavy (non-hydrogen) atoms. The Kier molecular flexibility index (Phi) is 15.3. The molecule has 5 aromatic rings. The summed E-state index contributed by atoms with van der Waals surface area (Å²) < 4.78 is 32.2. The van der Waals surface area contributed by atoms with Gasteiger partial charge >= 0.3 is 11.9 Å². The normalized spacial score (nSPS) is 10.5. The van der Waals surface area contributed by atoms with Crippen LogP contribution in [0.1, 0.15) is 43.4 Å². The van der Waals surface area contributed by atoms with E-state index in [0.29, 0.717) is 19.6 Å².